The van der Waals surface area contributed by atoms with E-state index in [9.17, 15) is 4.79 Å². The lowest BCUT2D eigenvalue weighted by Crippen LogP contribution is -2.16. The molecular weight excluding hydrogens is 352 g/mol. The molecule has 0 aliphatic heterocycles. The third-order valence-electron chi connectivity index (χ3n) is 3.26. The van der Waals surface area contributed by atoms with Gasteiger partial charge >= 0.3 is 0 Å². The normalized spacial score (nSPS) is 12.0. The highest BCUT2D eigenvalue weighted by molar-refractivity contribution is 7.18. The first kappa shape index (κ1) is 16.2. The number of amides is 1. The molecule has 2 heterocycles. The molecule has 1 amide bonds. The van der Waals surface area contributed by atoms with Gasteiger partial charge < -0.3 is 9.30 Å². The minimum atomic E-state index is -0.270. The van der Waals surface area contributed by atoms with Gasteiger partial charge in [0, 0.05) is 6.54 Å². The van der Waals surface area contributed by atoms with Gasteiger partial charge in [0.2, 0.25) is 0 Å². The number of hydrogen-bond donors (Lipinski definition) is 0. The van der Waals surface area contributed by atoms with Crippen molar-refractivity contribution in [2.24, 2.45) is 4.99 Å². The van der Waals surface area contributed by atoms with Crippen LogP contribution in [0.25, 0.3) is 10.2 Å². The SMILES string of the molecule is CCOc1cccc2sc(=NC(=O)c3ccc(Cl)s3)n(CC)c12. The molecule has 0 saturated heterocycles. The maximum Gasteiger partial charge on any atom is 0.289 e. The summed E-state index contributed by atoms with van der Waals surface area (Å²) in [5, 5.41) is 0. The van der Waals surface area contributed by atoms with Gasteiger partial charge in [-0.25, -0.2) is 0 Å². The average molecular weight is 367 g/mol. The van der Waals surface area contributed by atoms with E-state index >= 15 is 0 Å². The highest BCUT2D eigenvalue weighted by atomic mass is 35.5. The van der Waals surface area contributed by atoms with Gasteiger partial charge in [-0.1, -0.05) is 29.0 Å². The second kappa shape index (κ2) is 6.86. The van der Waals surface area contributed by atoms with Gasteiger partial charge in [-0.05, 0) is 38.1 Å². The molecule has 2 aromatic heterocycles. The van der Waals surface area contributed by atoms with Crippen molar-refractivity contribution in [2.45, 2.75) is 20.4 Å². The molecule has 3 aromatic rings. The molecular formula is C16H15ClN2O2S2. The van der Waals surface area contributed by atoms with Crippen molar-refractivity contribution >= 4 is 50.4 Å². The predicted octanol–water partition coefficient (Wildman–Crippen LogP) is 4.58. The Morgan fingerprint density at radius 1 is 1.26 bits per heavy atom. The molecule has 0 bridgehead atoms. The Morgan fingerprint density at radius 3 is 2.74 bits per heavy atom. The number of carbonyl (C=O) groups excluding carboxylic acids is 1. The van der Waals surface area contributed by atoms with Crippen LogP contribution < -0.4 is 9.54 Å². The van der Waals surface area contributed by atoms with Gasteiger partial charge in [-0.2, -0.15) is 4.99 Å². The van der Waals surface area contributed by atoms with Crippen LogP contribution in [0.4, 0.5) is 0 Å². The topological polar surface area (TPSA) is 43.6 Å². The summed E-state index contributed by atoms with van der Waals surface area (Å²) in [7, 11) is 0. The molecule has 1 aromatic carbocycles. The molecule has 7 heteroatoms. The molecule has 4 nitrogen and oxygen atoms in total. The number of aryl methyl sites for hydroxylation is 1. The summed E-state index contributed by atoms with van der Waals surface area (Å²) >= 11 is 8.62. The van der Waals surface area contributed by atoms with E-state index in [2.05, 4.69) is 4.99 Å². The highest BCUT2D eigenvalue weighted by Gasteiger charge is 2.13. The van der Waals surface area contributed by atoms with E-state index in [-0.39, 0.29) is 5.91 Å². The molecule has 23 heavy (non-hydrogen) atoms. The van der Waals surface area contributed by atoms with Crippen LogP contribution in [0.1, 0.15) is 23.5 Å². The Labute approximate surface area is 146 Å². The number of thiophene rings is 1. The van der Waals surface area contributed by atoms with Gasteiger partial charge in [-0.15, -0.1) is 11.3 Å². The number of nitrogens with zero attached hydrogens (tertiary/aromatic N) is 2. The zero-order valence-corrected chi connectivity index (χ0v) is 15.1. The molecule has 0 N–H and O–H groups in total. The number of para-hydroxylation sites is 1. The molecule has 0 radical (unpaired) electrons. The molecule has 0 unspecified atom stereocenters. The number of fused-ring (bicyclic) bond motifs is 1. The van der Waals surface area contributed by atoms with Crippen molar-refractivity contribution in [1.29, 1.82) is 0 Å². The zero-order chi connectivity index (χ0) is 16.4. The van der Waals surface area contributed by atoms with Crippen LogP contribution in [-0.4, -0.2) is 17.1 Å². The number of ether oxygens (including phenoxy) is 1. The standard InChI is InChI=1S/C16H15ClN2O2S2/c1-3-19-14-10(21-4-2)6-5-7-11(14)23-16(19)18-15(20)12-8-9-13(17)22-12/h5-9H,3-4H2,1-2H3. The Kier molecular flexibility index (Phi) is 4.84. The fourth-order valence-electron chi connectivity index (χ4n) is 2.32. The fourth-order valence-corrected chi connectivity index (χ4v) is 4.36. The van der Waals surface area contributed by atoms with Gasteiger partial charge in [0.05, 0.1) is 20.5 Å². The van der Waals surface area contributed by atoms with E-state index in [0.717, 1.165) is 16.0 Å². The van der Waals surface area contributed by atoms with Crippen LogP contribution in [0, 0.1) is 0 Å². The number of hydrogen-bond acceptors (Lipinski definition) is 4. The maximum absolute atomic E-state index is 12.3. The summed E-state index contributed by atoms with van der Waals surface area (Å²) in [5.74, 6) is 0.546. The van der Waals surface area contributed by atoms with Gasteiger partial charge in [0.25, 0.3) is 5.91 Å². The van der Waals surface area contributed by atoms with Crippen LogP contribution in [-0.2, 0) is 6.54 Å². The van der Waals surface area contributed by atoms with Crippen LogP contribution in [0.3, 0.4) is 0 Å². The molecule has 0 atom stereocenters. The van der Waals surface area contributed by atoms with E-state index in [1.807, 2.05) is 36.6 Å². The summed E-state index contributed by atoms with van der Waals surface area (Å²) in [6.07, 6.45) is 0. The lowest BCUT2D eigenvalue weighted by Gasteiger charge is -2.07. The number of carbonyl (C=O) groups is 1. The summed E-state index contributed by atoms with van der Waals surface area (Å²) in [5.41, 5.74) is 0.984. The predicted molar refractivity (Wildman–Crippen MR) is 95.9 cm³/mol. The summed E-state index contributed by atoms with van der Waals surface area (Å²) < 4.78 is 9.36. The number of benzene rings is 1. The van der Waals surface area contributed by atoms with Crippen molar-refractivity contribution in [3.63, 3.8) is 0 Å². The monoisotopic (exact) mass is 366 g/mol. The Hall–Kier alpha value is -1.63. The number of thiazole rings is 1. The number of rotatable bonds is 4. The molecule has 0 saturated carbocycles. The lowest BCUT2D eigenvalue weighted by atomic mass is 10.3. The van der Waals surface area contributed by atoms with Crippen molar-refractivity contribution in [3.8, 4) is 5.75 Å². The maximum atomic E-state index is 12.3. The van der Waals surface area contributed by atoms with Crippen molar-refractivity contribution in [3.05, 3.63) is 44.3 Å². The smallest absolute Gasteiger partial charge is 0.289 e. The second-order valence-corrected chi connectivity index (χ2v) is 7.41. The Bertz CT molecular complexity index is 924. The first-order chi connectivity index (χ1) is 11.1. The fraction of sp³-hybridized carbons (Fsp3) is 0.250. The first-order valence-corrected chi connectivity index (χ1v) is 9.24. The minimum absolute atomic E-state index is 0.270. The number of aromatic nitrogens is 1. The molecule has 0 spiro atoms. The second-order valence-electron chi connectivity index (χ2n) is 4.69. The zero-order valence-electron chi connectivity index (χ0n) is 12.7. The summed E-state index contributed by atoms with van der Waals surface area (Å²) in [6.45, 7) is 5.29. The third kappa shape index (κ3) is 3.20. The lowest BCUT2D eigenvalue weighted by molar-refractivity contribution is 0.100. The Morgan fingerprint density at radius 2 is 2.09 bits per heavy atom. The van der Waals surface area contributed by atoms with E-state index in [0.29, 0.717) is 27.2 Å². The van der Waals surface area contributed by atoms with Crippen LogP contribution in [0.2, 0.25) is 4.34 Å². The van der Waals surface area contributed by atoms with Crippen molar-refractivity contribution in [1.82, 2.24) is 4.57 Å². The van der Waals surface area contributed by atoms with E-state index in [1.54, 1.807) is 12.1 Å². The Balaban J connectivity index is 2.16. The quantitative estimate of drug-likeness (QED) is 0.678. The first-order valence-electron chi connectivity index (χ1n) is 7.23. The van der Waals surface area contributed by atoms with Crippen molar-refractivity contribution < 1.29 is 9.53 Å². The van der Waals surface area contributed by atoms with Crippen LogP contribution in [0.15, 0.2) is 35.3 Å². The van der Waals surface area contributed by atoms with Crippen molar-refractivity contribution in [2.75, 3.05) is 6.61 Å². The van der Waals surface area contributed by atoms with E-state index < -0.39 is 0 Å². The van der Waals surface area contributed by atoms with Crippen LogP contribution in [0.5, 0.6) is 5.75 Å². The molecule has 0 aliphatic rings. The molecule has 0 aliphatic carbocycles. The largest absolute Gasteiger partial charge is 0.492 e. The van der Waals surface area contributed by atoms with Crippen LogP contribution >= 0.6 is 34.3 Å². The third-order valence-corrected chi connectivity index (χ3v) is 5.52. The summed E-state index contributed by atoms with van der Waals surface area (Å²) in [4.78, 5) is 17.8. The summed E-state index contributed by atoms with van der Waals surface area (Å²) in [6, 6.07) is 9.32. The molecule has 120 valence electrons. The molecule has 0 fully saturated rings. The number of halogens is 1. The molecule has 3 rings (SSSR count). The van der Waals surface area contributed by atoms with Gasteiger partial charge in [0.1, 0.15) is 11.3 Å². The van der Waals surface area contributed by atoms with E-state index in [1.165, 1.54) is 22.7 Å². The van der Waals surface area contributed by atoms with Gasteiger partial charge in [0.15, 0.2) is 4.80 Å². The van der Waals surface area contributed by atoms with E-state index in [4.69, 9.17) is 16.3 Å². The average Bonchev–Trinajstić information content (AvgIpc) is 3.11. The highest BCUT2D eigenvalue weighted by Crippen LogP contribution is 2.28. The van der Waals surface area contributed by atoms with Gasteiger partial charge in [-0.3, -0.25) is 4.79 Å². The minimum Gasteiger partial charge on any atom is -0.492 e.